The number of nitrogens with zero attached hydrogens (tertiary/aromatic N) is 1. The van der Waals surface area contributed by atoms with Crippen molar-refractivity contribution in [3.05, 3.63) is 29.8 Å². The molecule has 0 atom stereocenters. The average Bonchev–Trinajstić information content (AvgIpc) is 2.74. The van der Waals surface area contributed by atoms with Crippen molar-refractivity contribution in [2.45, 2.75) is 57.8 Å². The molecule has 2 rings (SSSR count). The van der Waals surface area contributed by atoms with Gasteiger partial charge in [-0.2, -0.15) is 5.26 Å². The summed E-state index contributed by atoms with van der Waals surface area (Å²) in [7, 11) is 0. The third-order valence-electron chi connectivity index (χ3n) is 4.46. The molecule has 1 aliphatic rings. The lowest BCUT2D eigenvalue weighted by Crippen LogP contribution is -2.15. The molecule has 2 nitrogen and oxygen atoms in total. The van der Waals surface area contributed by atoms with Crippen LogP contribution < -0.4 is 5.32 Å². The fourth-order valence-electron chi connectivity index (χ4n) is 2.90. The lowest BCUT2D eigenvalue weighted by molar-refractivity contribution is 0.483. The minimum Gasteiger partial charge on any atom is -0.385 e. The molecule has 1 saturated carbocycles. The van der Waals surface area contributed by atoms with Gasteiger partial charge in [0, 0.05) is 12.2 Å². The Morgan fingerprint density at radius 3 is 2.25 bits per heavy atom. The zero-order valence-electron chi connectivity index (χ0n) is 12.8. The van der Waals surface area contributed by atoms with Crippen molar-refractivity contribution < 1.29 is 0 Å². The van der Waals surface area contributed by atoms with Crippen LogP contribution in [0.25, 0.3) is 0 Å². The Bertz CT molecular complexity index is 445. The molecule has 0 amide bonds. The van der Waals surface area contributed by atoms with Crippen LogP contribution in [0.5, 0.6) is 0 Å². The summed E-state index contributed by atoms with van der Waals surface area (Å²) in [5.41, 5.74) is 1.85. The van der Waals surface area contributed by atoms with Crippen molar-refractivity contribution in [2.75, 3.05) is 11.9 Å². The monoisotopic (exact) mass is 270 g/mol. The van der Waals surface area contributed by atoms with Gasteiger partial charge < -0.3 is 5.32 Å². The van der Waals surface area contributed by atoms with Crippen molar-refractivity contribution in [3.63, 3.8) is 0 Å². The van der Waals surface area contributed by atoms with E-state index in [0.29, 0.717) is 0 Å². The van der Waals surface area contributed by atoms with Gasteiger partial charge in [0.05, 0.1) is 11.5 Å². The number of rotatable bonds is 4. The van der Waals surface area contributed by atoms with E-state index in [1.165, 1.54) is 44.2 Å². The molecule has 2 heteroatoms. The molecule has 1 aromatic carbocycles. The largest absolute Gasteiger partial charge is 0.385 e. The van der Waals surface area contributed by atoms with E-state index in [2.05, 4.69) is 35.7 Å². The Morgan fingerprint density at radius 1 is 1.10 bits per heavy atom. The number of hydrogen-bond acceptors (Lipinski definition) is 2. The van der Waals surface area contributed by atoms with Crippen molar-refractivity contribution in [2.24, 2.45) is 5.92 Å². The molecule has 0 spiro atoms. The normalized spacial score (nSPS) is 17.2. The standard InChI is InChI=1S/C18H26N2/c1-18(2,14-19)16-9-11-17(12-10-16)20-13-15-7-5-3-4-6-8-15/h9-12,15,20H,3-8,13H2,1-2H3. The molecule has 1 N–H and O–H groups in total. The van der Waals surface area contributed by atoms with Crippen molar-refractivity contribution in [1.82, 2.24) is 0 Å². The van der Waals surface area contributed by atoms with Crippen molar-refractivity contribution >= 4 is 5.69 Å². The van der Waals surface area contributed by atoms with Crippen molar-refractivity contribution in [3.8, 4) is 6.07 Å². The molecule has 0 bridgehead atoms. The quantitative estimate of drug-likeness (QED) is 0.792. The van der Waals surface area contributed by atoms with Crippen LogP contribution in [0.3, 0.4) is 0 Å². The molecule has 0 unspecified atom stereocenters. The number of nitriles is 1. The number of hydrogen-bond donors (Lipinski definition) is 1. The van der Waals surface area contributed by atoms with Gasteiger partial charge in [-0.15, -0.1) is 0 Å². The maximum Gasteiger partial charge on any atom is 0.0766 e. The second-order valence-corrected chi connectivity index (χ2v) is 6.55. The molecule has 1 aromatic rings. The van der Waals surface area contributed by atoms with Crippen LogP contribution in [0.15, 0.2) is 24.3 Å². The summed E-state index contributed by atoms with van der Waals surface area (Å²) < 4.78 is 0. The van der Waals surface area contributed by atoms with Gasteiger partial charge in [-0.3, -0.25) is 0 Å². The summed E-state index contributed by atoms with van der Waals surface area (Å²) in [6.45, 7) is 5.00. The Morgan fingerprint density at radius 2 is 1.70 bits per heavy atom. The fourth-order valence-corrected chi connectivity index (χ4v) is 2.90. The lowest BCUT2D eigenvalue weighted by atomic mass is 9.86. The Kier molecular flexibility index (Phi) is 5.06. The fraction of sp³-hybridized carbons (Fsp3) is 0.611. The van der Waals surface area contributed by atoms with Crippen LogP contribution in [-0.4, -0.2) is 6.54 Å². The summed E-state index contributed by atoms with van der Waals surface area (Å²) in [5.74, 6) is 0.827. The van der Waals surface area contributed by atoms with Crippen LogP contribution in [0.2, 0.25) is 0 Å². The highest BCUT2D eigenvalue weighted by Gasteiger charge is 2.19. The second kappa shape index (κ2) is 6.79. The third-order valence-corrected chi connectivity index (χ3v) is 4.46. The molecule has 0 heterocycles. The summed E-state index contributed by atoms with van der Waals surface area (Å²) in [6.07, 6.45) is 8.34. The van der Waals surface area contributed by atoms with Gasteiger partial charge in [0.1, 0.15) is 0 Å². The van der Waals surface area contributed by atoms with Gasteiger partial charge in [0.15, 0.2) is 0 Å². The molecule has 0 aliphatic heterocycles. The van der Waals surface area contributed by atoms with Gasteiger partial charge in [-0.25, -0.2) is 0 Å². The minimum atomic E-state index is -0.403. The first-order chi connectivity index (χ1) is 9.62. The van der Waals surface area contributed by atoms with Crippen LogP contribution in [0.4, 0.5) is 5.69 Å². The first kappa shape index (κ1) is 14.9. The predicted molar refractivity (Wildman–Crippen MR) is 84.8 cm³/mol. The summed E-state index contributed by atoms with van der Waals surface area (Å²) in [6, 6.07) is 10.7. The van der Waals surface area contributed by atoms with E-state index in [-0.39, 0.29) is 0 Å². The lowest BCUT2D eigenvalue weighted by Gasteiger charge is -2.18. The summed E-state index contributed by atoms with van der Waals surface area (Å²) in [4.78, 5) is 0. The smallest absolute Gasteiger partial charge is 0.0766 e. The third kappa shape index (κ3) is 4.00. The summed E-state index contributed by atoms with van der Waals surface area (Å²) >= 11 is 0. The first-order valence-corrected chi connectivity index (χ1v) is 7.87. The van der Waals surface area contributed by atoms with E-state index in [4.69, 9.17) is 5.26 Å². The van der Waals surface area contributed by atoms with Crippen LogP contribution in [0.1, 0.15) is 57.9 Å². The second-order valence-electron chi connectivity index (χ2n) is 6.55. The summed E-state index contributed by atoms with van der Waals surface area (Å²) in [5, 5.41) is 12.7. The van der Waals surface area contributed by atoms with Gasteiger partial charge in [-0.1, -0.05) is 37.8 Å². The molecule has 20 heavy (non-hydrogen) atoms. The molecular weight excluding hydrogens is 244 g/mol. The van der Waals surface area contributed by atoms with E-state index in [9.17, 15) is 0 Å². The first-order valence-electron chi connectivity index (χ1n) is 7.87. The molecule has 1 aliphatic carbocycles. The Hall–Kier alpha value is -1.49. The van der Waals surface area contributed by atoms with Crippen LogP contribution in [-0.2, 0) is 5.41 Å². The average molecular weight is 270 g/mol. The topological polar surface area (TPSA) is 35.8 Å². The van der Waals surface area contributed by atoms with Crippen molar-refractivity contribution in [1.29, 1.82) is 5.26 Å². The highest BCUT2D eigenvalue weighted by molar-refractivity contribution is 5.47. The maximum atomic E-state index is 9.15. The van der Waals surface area contributed by atoms with E-state index in [1.807, 2.05) is 13.8 Å². The maximum absolute atomic E-state index is 9.15. The molecule has 0 aromatic heterocycles. The number of benzene rings is 1. The zero-order chi connectivity index (χ0) is 14.4. The molecular formula is C18H26N2. The molecule has 0 radical (unpaired) electrons. The van der Waals surface area contributed by atoms with E-state index in [0.717, 1.165) is 18.0 Å². The predicted octanol–water partition coefficient (Wildman–Crippen LogP) is 4.87. The van der Waals surface area contributed by atoms with E-state index < -0.39 is 5.41 Å². The SMILES string of the molecule is CC(C)(C#N)c1ccc(NCC2CCCCCC2)cc1. The Balaban J connectivity index is 1.89. The molecule has 0 saturated heterocycles. The van der Waals surface area contributed by atoms with E-state index >= 15 is 0 Å². The Labute approximate surface area is 123 Å². The van der Waals surface area contributed by atoms with Gasteiger partial charge >= 0.3 is 0 Å². The minimum absolute atomic E-state index is 0.403. The number of anilines is 1. The van der Waals surface area contributed by atoms with E-state index in [1.54, 1.807) is 0 Å². The highest BCUT2D eigenvalue weighted by atomic mass is 14.9. The van der Waals surface area contributed by atoms with Gasteiger partial charge in [0.25, 0.3) is 0 Å². The zero-order valence-corrected chi connectivity index (χ0v) is 12.8. The van der Waals surface area contributed by atoms with Crippen LogP contribution >= 0.6 is 0 Å². The number of nitrogens with one attached hydrogen (secondary N) is 1. The molecule has 1 fully saturated rings. The van der Waals surface area contributed by atoms with Gasteiger partial charge in [-0.05, 0) is 50.3 Å². The van der Waals surface area contributed by atoms with Crippen LogP contribution in [0, 0.1) is 17.2 Å². The van der Waals surface area contributed by atoms with Gasteiger partial charge in [0.2, 0.25) is 0 Å². The highest BCUT2D eigenvalue weighted by Crippen LogP contribution is 2.25. The molecule has 108 valence electrons.